The summed E-state index contributed by atoms with van der Waals surface area (Å²) in [4.78, 5) is 23.3. The molecule has 0 bridgehead atoms. The molecule has 1 aromatic rings. The number of amides is 2. The van der Waals surface area contributed by atoms with Crippen LogP contribution in [-0.4, -0.2) is 35.4 Å². The number of halogens is 1. The van der Waals surface area contributed by atoms with Crippen molar-refractivity contribution in [3.8, 4) is 0 Å². The molecular weight excluding hydrogens is 322 g/mol. The Morgan fingerprint density at radius 3 is 2.23 bits per heavy atom. The molecule has 5 nitrogen and oxygen atoms in total. The van der Waals surface area contributed by atoms with E-state index in [2.05, 4.69) is 10.6 Å². The maximum Gasteiger partial charge on any atom is 0.234 e. The van der Waals surface area contributed by atoms with Crippen LogP contribution in [0.2, 0.25) is 0 Å². The maximum atomic E-state index is 11.7. The van der Waals surface area contributed by atoms with E-state index in [0.717, 1.165) is 11.3 Å². The molecule has 0 spiro atoms. The van der Waals surface area contributed by atoms with Gasteiger partial charge >= 0.3 is 0 Å². The Kier molecular flexibility index (Phi) is 9.16. The van der Waals surface area contributed by atoms with Gasteiger partial charge in [0, 0.05) is 17.8 Å². The van der Waals surface area contributed by atoms with Gasteiger partial charge in [-0.25, -0.2) is 0 Å². The molecule has 124 valence electrons. The van der Waals surface area contributed by atoms with Crippen molar-refractivity contribution in [3.63, 3.8) is 0 Å². The van der Waals surface area contributed by atoms with Crippen LogP contribution in [0.15, 0.2) is 24.3 Å². The lowest BCUT2D eigenvalue weighted by Crippen LogP contribution is -2.45. The van der Waals surface area contributed by atoms with Gasteiger partial charge in [0.2, 0.25) is 11.8 Å². The van der Waals surface area contributed by atoms with Crippen molar-refractivity contribution >= 4 is 41.7 Å². The summed E-state index contributed by atoms with van der Waals surface area (Å²) in [5.74, 6) is 0.266. The molecule has 0 saturated heterocycles. The lowest BCUT2D eigenvalue weighted by atomic mass is 10.1. The number of carbonyl (C=O) groups is 2. The lowest BCUT2D eigenvalue weighted by molar-refractivity contribution is -0.118. The van der Waals surface area contributed by atoms with Crippen molar-refractivity contribution in [1.82, 2.24) is 5.32 Å². The molecule has 0 saturated carbocycles. The topological polar surface area (TPSA) is 84.2 Å². The summed E-state index contributed by atoms with van der Waals surface area (Å²) >= 11 is 1.28. The van der Waals surface area contributed by atoms with Gasteiger partial charge in [-0.1, -0.05) is 17.7 Å². The van der Waals surface area contributed by atoms with Crippen molar-refractivity contribution in [2.24, 2.45) is 5.73 Å². The van der Waals surface area contributed by atoms with Gasteiger partial charge in [0.15, 0.2) is 0 Å². The number of carbonyl (C=O) groups excluding carboxylic acids is 2. The van der Waals surface area contributed by atoms with E-state index < -0.39 is 5.54 Å². The number of hydrogen-bond acceptors (Lipinski definition) is 4. The highest BCUT2D eigenvalue weighted by Gasteiger charge is 2.12. The highest BCUT2D eigenvalue weighted by atomic mass is 35.5. The average molecular weight is 346 g/mol. The first-order valence-corrected chi connectivity index (χ1v) is 7.91. The summed E-state index contributed by atoms with van der Waals surface area (Å²) in [7, 11) is 0. The van der Waals surface area contributed by atoms with Crippen LogP contribution < -0.4 is 16.4 Å². The van der Waals surface area contributed by atoms with Crippen LogP contribution in [0.1, 0.15) is 19.4 Å². The predicted octanol–water partition coefficient (Wildman–Crippen LogP) is 1.94. The third kappa shape index (κ3) is 9.65. The Morgan fingerprint density at radius 2 is 1.68 bits per heavy atom. The number of hydrogen-bond donors (Lipinski definition) is 3. The number of nitrogens with one attached hydrogen (secondary N) is 2. The summed E-state index contributed by atoms with van der Waals surface area (Å²) in [5, 5.41) is 5.52. The van der Waals surface area contributed by atoms with Crippen LogP contribution in [0.5, 0.6) is 0 Å². The predicted molar refractivity (Wildman–Crippen MR) is 95.7 cm³/mol. The molecule has 2 amide bonds. The molecule has 1 aromatic carbocycles. The average Bonchev–Trinajstić information content (AvgIpc) is 2.38. The molecule has 22 heavy (non-hydrogen) atoms. The fraction of sp³-hybridized carbons (Fsp3) is 0.467. The van der Waals surface area contributed by atoms with Crippen LogP contribution in [-0.2, 0) is 9.59 Å². The number of thioether (sulfide) groups is 1. The minimum atomic E-state index is -0.427. The van der Waals surface area contributed by atoms with E-state index in [1.807, 2.05) is 45.0 Å². The molecule has 4 N–H and O–H groups in total. The molecule has 7 heteroatoms. The Labute approximate surface area is 142 Å². The van der Waals surface area contributed by atoms with E-state index in [-0.39, 0.29) is 35.7 Å². The quantitative estimate of drug-likeness (QED) is 0.705. The van der Waals surface area contributed by atoms with Gasteiger partial charge in [-0.05, 0) is 32.9 Å². The van der Waals surface area contributed by atoms with Gasteiger partial charge in [-0.2, -0.15) is 0 Å². The molecule has 0 aromatic heterocycles. The summed E-state index contributed by atoms with van der Waals surface area (Å²) in [6.07, 6.45) is 0. The standard InChI is InChI=1S/C15H23N3O2S.ClH/c1-11-4-6-12(7-5-11)18-14(20)9-21-8-13(19)17-10-15(2,3)16;/h4-7H,8-10,16H2,1-3H3,(H,17,19)(H,18,20);1H. The highest BCUT2D eigenvalue weighted by Crippen LogP contribution is 2.09. The maximum absolute atomic E-state index is 11.7. The largest absolute Gasteiger partial charge is 0.354 e. The van der Waals surface area contributed by atoms with Gasteiger partial charge in [-0.15, -0.1) is 24.2 Å². The number of benzene rings is 1. The van der Waals surface area contributed by atoms with Crippen molar-refractivity contribution in [3.05, 3.63) is 29.8 Å². The number of aryl methyl sites for hydroxylation is 1. The molecule has 0 aliphatic carbocycles. The molecule has 0 fully saturated rings. The van der Waals surface area contributed by atoms with E-state index in [0.29, 0.717) is 6.54 Å². The van der Waals surface area contributed by atoms with Gasteiger partial charge < -0.3 is 16.4 Å². The Hall–Kier alpha value is -1.24. The molecular formula is C15H24ClN3O2S. The van der Waals surface area contributed by atoms with E-state index in [9.17, 15) is 9.59 Å². The Balaban J connectivity index is 0.00000441. The molecule has 0 atom stereocenters. The fourth-order valence-corrected chi connectivity index (χ4v) is 2.09. The van der Waals surface area contributed by atoms with E-state index >= 15 is 0 Å². The number of rotatable bonds is 7. The van der Waals surface area contributed by atoms with Crippen LogP contribution in [0, 0.1) is 6.92 Å². The zero-order chi connectivity index (χ0) is 15.9. The minimum Gasteiger partial charge on any atom is -0.354 e. The number of nitrogens with two attached hydrogens (primary N) is 1. The van der Waals surface area contributed by atoms with E-state index in [1.54, 1.807) is 0 Å². The SMILES string of the molecule is Cc1ccc(NC(=O)CSCC(=O)NCC(C)(C)N)cc1.Cl. The van der Waals surface area contributed by atoms with Crippen LogP contribution in [0.25, 0.3) is 0 Å². The van der Waals surface area contributed by atoms with Crippen LogP contribution >= 0.6 is 24.2 Å². The first kappa shape index (κ1) is 20.8. The third-order valence-corrected chi connectivity index (χ3v) is 3.48. The smallest absolute Gasteiger partial charge is 0.234 e. The van der Waals surface area contributed by atoms with Gasteiger partial charge in [-0.3, -0.25) is 9.59 Å². The summed E-state index contributed by atoms with van der Waals surface area (Å²) in [6, 6.07) is 7.58. The Morgan fingerprint density at radius 1 is 1.14 bits per heavy atom. The second-order valence-electron chi connectivity index (χ2n) is 5.67. The first-order chi connectivity index (χ1) is 9.76. The summed E-state index contributed by atoms with van der Waals surface area (Å²) in [6.45, 7) is 6.09. The van der Waals surface area contributed by atoms with Crippen molar-refractivity contribution in [2.75, 3.05) is 23.4 Å². The molecule has 0 radical (unpaired) electrons. The van der Waals surface area contributed by atoms with Crippen molar-refractivity contribution in [2.45, 2.75) is 26.3 Å². The van der Waals surface area contributed by atoms with Crippen LogP contribution in [0.3, 0.4) is 0 Å². The highest BCUT2D eigenvalue weighted by molar-refractivity contribution is 8.00. The van der Waals surface area contributed by atoms with E-state index in [1.165, 1.54) is 11.8 Å². The number of anilines is 1. The third-order valence-electron chi connectivity index (χ3n) is 2.54. The summed E-state index contributed by atoms with van der Waals surface area (Å²) < 4.78 is 0. The monoisotopic (exact) mass is 345 g/mol. The minimum absolute atomic E-state index is 0. The molecule has 0 aliphatic rings. The molecule has 0 unspecified atom stereocenters. The normalized spacial score (nSPS) is 10.5. The zero-order valence-corrected chi connectivity index (χ0v) is 14.8. The summed E-state index contributed by atoms with van der Waals surface area (Å²) in [5.41, 5.74) is 7.25. The Bertz CT molecular complexity index is 487. The second-order valence-corrected chi connectivity index (χ2v) is 6.66. The molecule has 1 rings (SSSR count). The first-order valence-electron chi connectivity index (χ1n) is 6.76. The van der Waals surface area contributed by atoms with Gasteiger partial charge in [0.25, 0.3) is 0 Å². The van der Waals surface area contributed by atoms with Crippen molar-refractivity contribution in [1.29, 1.82) is 0 Å². The molecule has 0 aliphatic heterocycles. The van der Waals surface area contributed by atoms with Crippen LogP contribution in [0.4, 0.5) is 5.69 Å². The lowest BCUT2D eigenvalue weighted by Gasteiger charge is -2.18. The van der Waals surface area contributed by atoms with Gasteiger partial charge in [0.1, 0.15) is 0 Å². The van der Waals surface area contributed by atoms with Gasteiger partial charge in [0.05, 0.1) is 11.5 Å². The fourth-order valence-electron chi connectivity index (χ4n) is 1.45. The van der Waals surface area contributed by atoms with E-state index in [4.69, 9.17) is 5.73 Å². The molecule has 0 heterocycles. The zero-order valence-electron chi connectivity index (χ0n) is 13.1. The van der Waals surface area contributed by atoms with Crippen molar-refractivity contribution < 1.29 is 9.59 Å². The second kappa shape index (κ2) is 9.71.